The molecule has 0 amide bonds. The van der Waals surface area contributed by atoms with E-state index in [0.717, 1.165) is 0 Å². The standard InChI is InChI=1S/C12H16O5S/c1-3-18(15,16)11(8-13)12(14)9-4-6-10(17-2)7-5-9/h4-7,11,13H,3,8H2,1-2H3/t11-/m0/s1. The summed E-state index contributed by atoms with van der Waals surface area (Å²) < 4.78 is 28.3. The maximum absolute atomic E-state index is 12.0. The molecule has 100 valence electrons. The van der Waals surface area contributed by atoms with E-state index in [1.807, 2.05) is 0 Å². The Balaban J connectivity index is 3.04. The van der Waals surface area contributed by atoms with Crippen LogP contribution in [0, 0.1) is 0 Å². The summed E-state index contributed by atoms with van der Waals surface area (Å²) in [6, 6.07) is 6.10. The fraction of sp³-hybridized carbons (Fsp3) is 0.417. The van der Waals surface area contributed by atoms with Gasteiger partial charge in [0, 0.05) is 11.3 Å². The number of ketones is 1. The summed E-state index contributed by atoms with van der Waals surface area (Å²) in [6.07, 6.45) is 0. The van der Waals surface area contributed by atoms with Crippen molar-refractivity contribution in [3.8, 4) is 5.75 Å². The van der Waals surface area contributed by atoms with Crippen molar-refractivity contribution in [3.05, 3.63) is 29.8 Å². The summed E-state index contributed by atoms with van der Waals surface area (Å²) in [6.45, 7) is 0.736. The number of hydrogen-bond donors (Lipinski definition) is 1. The van der Waals surface area contributed by atoms with Gasteiger partial charge in [0.05, 0.1) is 13.7 Å². The Morgan fingerprint density at radius 2 is 1.89 bits per heavy atom. The van der Waals surface area contributed by atoms with E-state index in [1.165, 1.54) is 26.2 Å². The van der Waals surface area contributed by atoms with Gasteiger partial charge in [-0.25, -0.2) is 8.42 Å². The van der Waals surface area contributed by atoms with Crippen molar-refractivity contribution in [2.45, 2.75) is 12.2 Å². The minimum atomic E-state index is -3.60. The molecule has 1 N–H and O–H groups in total. The Morgan fingerprint density at radius 3 is 2.28 bits per heavy atom. The molecule has 1 atom stereocenters. The van der Waals surface area contributed by atoms with Gasteiger partial charge < -0.3 is 9.84 Å². The lowest BCUT2D eigenvalue weighted by Gasteiger charge is -2.13. The molecule has 1 aromatic rings. The number of methoxy groups -OCH3 is 1. The molecule has 0 spiro atoms. The van der Waals surface area contributed by atoms with Crippen LogP contribution in [0.1, 0.15) is 17.3 Å². The minimum absolute atomic E-state index is 0.180. The average Bonchev–Trinajstić information content (AvgIpc) is 2.39. The molecular formula is C12H16O5S. The Kier molecular flexibility index (Phi) is 4.86. The molecule has 1 rings (SSSR count). The fourth-order valence-electron chi connectivity index (χ4n) is 1.50. The highest BCUT2D eigenvalue weighted by Gasteiger charge is 2.31. The third-order valence-electron chi connectivity index (χ3n) is 2.67. The van der Waals surface area contributed by atoms with Crippen LogP contribution in [-0.4, -0.2) is 44.0 Å². The van der Waals surface area contributed by atoms with Crippen LogP contribution < -0.4 is 4.74 Å². The molecule has 0 saturated heterocycles. The van der Waals surface area contributed by atoms with Crippen LogP contribution in [0.4, 0.5) is 0 Å². The average molecular weight is 272 g/mol. The second-order valence-electron chi connectivity index (χ2n) is 3.72. The van der Waals surface area contributed by atoms with E-state index in [1.54, 1.807) is 12.1 Å². The molecule has 1 aromatic carbocycles. The normalized spacial score (nSPS) is 13.1. The number of sulfone groups is 1. The molecule has 0 aromatic heterocycles. The number of carbonyl (C=O) groups excluding carboxylic acids is 1. The monoisotopic (exact) mass is 272 g/mol. The smallest absolute Gasteiger partial charge is 0.183 e. The first-order chi connectivity index (χ1) is 8.46. The number of ether oxygens (including phenoxy) is 1. The maximum Gasteiger partial charge on any atom is 0.183 e. The van der Waals surface area contributed by atoms with Gasteiger partial charge in [0.1, 0.15) is 11.0 Å². The van der Waals surface area contributed by atoms with Gasteiger partial charge in [-0.3, -0.25) is 4.79 Å². The van der Waals surface area contributed by atoms with E-state index in [-0.39, 0.29) is 11.3 Å². The first-order valence-corrected chi connectivity index (χ1v) is 7.18. The van der Waals surface area contributed by atoms with Gasteiger partial charge >= 0.3 is 0 Å². The van der Waals surface area contributed by atoms with Crippen molar-refractivity contribution in [1.82, 2.24) is 0 Å². The lowest BCUT2D eigenvalue weighted by atomic mass is 10.1. The lowest BCUT2D eigenvalue weighted by Crippen LogP contribution is -2.35. The van der Waals surface area contributed by atoms with Crippen molar-refractivity contribution in [2.75, 3.05) is 19.5 Å². The zero-order chi connectivity index (χ0) is 13.8. The predicted molar refractivity (Wildman–Crippen MR) is 67.7 cm³/mol. The molecule has 0 unspecified atom stereocenters. The maximum atomic E-state index is 12.0. The Hall–Kier alpha value is -1.40. The van der Waals surface area contributed by atoms with Crippen molar-refractivity contribution >= 4 is 15.6 Å². The topological polar surface area (TPSA) is 80.7 Å². The van der Waals surface area contributed by atoms with E-state index in [9.17, 15) is 13.2 Å². The van der Waals surface area contributed by atoms with Crippen molar-refractivity contribution < 1.29 is 23.1 Å². The van der Waals surface area contributed by atoms with Gasteiger partial charge in [0.25, 0.3) is 0 Å². The molecule has 0 heterocycles. The zero-order valence-electron chi connectivity index (χ0n) is 10.3. The summed E-state index contributed by atoms with van der Waals surface area (Å²) in [5.74, 6) is -0.201. The molecule has 6 heteroatoms. The summed E-state index contributed by atoms with van der Waals surface area (Å²) in [4.78, 5) is 12.0. The number of carbonyl (C=O) groups is 1. The first kappa shape index (κ1) is 14.7. The second-order valence-corrected chi connectivity index (χ2v) is 6.19. The summed E-state index contributed by atoms with van der Waals surface area (Å²) in [5.41, 5.74) is 0.242. The summed E-state index contributed by atoms with van der Waals surface area (Å²) >= 11 is 0. The van der Waals surface area contributed by atoms with Gasteiger partial charge in [-0.15, -0.1) is 0 Å². The van der Waals surface area contributed by atoms with Crippen LogP contribution in [-0.2, 0) is 9.84 Å². The zero-order valence-corrected chi connectivity index (χ0v) is 11.1. The Morgan fingerprint density at radius 1 is 1.33 bits per heavy atom. The van der Waals surface area contributed by atoms with Crippen LogP contribution in [0.5, 0.6) is 5.75 Å². The molecule has 0 saturated carbocycles. The predicted octanol–water partition coefficient (Wildman–Crippen LogP) is 0.674. The van der Waals surface area contributed by atoms with Gasteiger partial charge in [0.15, 0.2) is 15.6 Å². The SMILES string of the molecule is CCS(=O)(=O)[C@@H](CO)C(=O)c1ccc(OC)cc1. The van der Waals surface area contributed by atoms with Crippen LogP contribution in [0.3, 0.4) is 0 Å². The van der Waals surface area contributed by atoms with Crippen molar-refractivity contribution in [3.63, 3.8) is 0 Å². The van der Waals surface area contributed by atoms with Crippen LogP contribution >= 0.6 is 0 Å². The molecule has 0 bridgehead atoms. The van der Waals surface area contributed by atoms with E-state index in [0.29, 0.717) is 5.75 Å². The summed E-state index contributed by atoms with van der Waals surface area (Å²) in [5, 5.41) is 7.71. The van der Waals surface area contributed by atoms with Gasteiger partial charge in [-0.1, -0.05) is 6.92 Å². The Labute approximate surface area is 106 Å². The number of aliphatic hydroxyl groups is 1. The fourth-order valence-corrected chi connectivity index (χ4v) is 2.59. The molecule has 0 fully saturated rings. The van der Waals surface area contributed by atoms with Crippen LogP contribution in [0.25, 0.3) is 0 Å². The molecular weight excluding hydrogens is 256 g/mol. The molecule has 0 radical (unpaired) electrons. The molecule has 18 heavy (non-hydrogen) atoms. The molecule has 5 nitrogen and oxygen atoms in total. The first-order valence-electron chi connectivity index (χ1n) is 5.47. The van der Waals surface area contributed by atoms with E-state index >= 15 is 0 Å². The van der Waals surface area contributed by atoms with E-state index in [4.69, 9.17) is 9.84 Å². The van der Waals surface area contributed by atoms with Crippen LogP contribution in [0.2, 0.25) is 0 Å². The highest BCUT2D eigenvalue weighted by Crippen LogP contribution is 2.15. The summed E-state index contributed by atoms with van der Waals surface area (Å²) in [7, 11) is -2.11. The second kappa shape index (κ2) is 5.97. The highest BCUT2D eigenvalue weighted by atomic mass is 32.2. The van der Waals surface area contributed by atoms with Crippen molar-refractivity contribution in [2.24, 2.45) is 0 Å². The lowest BCUT2D eigenvalue weighted by molar-refractivity contribution is 0.0961. The highest BCUT2D eigenvalue weighted by molar-refractivity contribution is 7.92. The minimum Gasteiger partial charge on any atom is -0.497 e. The number of aliphatic hydroxyl groups excluding tert-OH is 1. The van der Waals surface area contributed by atoms with E-state index < -0.39 is 27.5 Å². The van der Waals surface area contributed by atoms with Crippen molar-refractivity contribution in [1.29, 1.82) is 0 Å². The van der Waals surface area contributed by atoms with Crippen LogP contribution in [0.15, 0.2) is 24.3 Å². The third-order valence-corrected chi connectivity index (χ3v) is 4.70. The van der Waals surface area contributed by atoms with Gasteiger partial charge in [-0.2, -0.15) is 0 Å². The number of rotatable bonds is 6. The number of Topliss-reactive ketones (excluding diaryl/α,β-unsaturated/α-hetero) is 1. The Bertz CT molecular complexity index is 504. The molecule has 0 aliphatic rings. The van der Waals surface area contributed by atoms with Gasteiger partial charge in [-0.05, 0) is 24.3 Å². The molecule has 0 aliphatic carbocycles. The van der Waals surface area contributed by atoms with Gasteiger partial charge in [0.2, 0.25) is 0 Å². The third kappa shape index (κ3) is 3.08. The quantitative estimate of drug-likeness (QED) is 0.770. The number of hydrogen-bond acceptors (Lipinski definition) is 5. The molecule has 0 aliphatic heterocycles. The largest absolute Gasteiger partial charge is 0.497 e. The van der Waals surface area contributed by atoms with E-state index in [2.05, 4.69) is 0 Å². The number of benzene rings is 1.